The molecule has 56 valence electrons. The quantitative estimate of drug-likeness (QED) is 0.702. The first-order valence-corrected chi connectivity index (χ1v) is 5.06. The van der Waals surface area contributed by atoms with Gasteiger partial charge in [-0.3, -0.25) is 0 Å². The third-order valence-corrected chi connectivity index (χ3v) is 2.80. The second-order valence-electron chi connectivity index (χ2n) is 2.21. The maximum absolute atomic E-state index is 3.95. The highest BCUT2D eigenvalue weighted by molar-refractivity contribution is 9.08. The highest BCUT2D eigenvalue weighted by atomic mass is 79.9. The van der Waals surface area contributed by atoms with Crippen molar-refractivity contribution < 1.29 is 0 Å². The first-order chi connectivity index (χ1) is 5.40. The summed E-state index contributed by atoms with van der Waals surface area (Å²) in [5.74, 6) is 0. The van der Waals surface area contributed by atoms with Gasteiger partial charge in [0, 0.05) is 5.33 Å². The number of hydrogen-bond acceptors (Lipinski definition) is 3. The van der Waals surface area contributed by atoms with E-state index in [-0.39, 0.29) is 0 Å². The van der Waals surface area contributed by atoms with Crippen molar-refractivity contribution in [2.24, 2.45) is 0 Å². The van der Waals surface area contributed by atoms with Crippen molar-refractivity contribution in [2.45, 2.75) is 5.33 Å². The van der Waals surface area contributed by atoms with E-state index in [9.17, 15) is 0 Å². The molecule has 0 saturated carbocycles. The van der Waals surface area contributed by atoms with Crippen LogP contribution in [-0.4, -0.2) is 9.59 Å². The maximum atomic E-state index is 3.95. The lowest BCUT2D eigenvalue weighted by Crippen LogP contribution is -1.74. The van der Waals surface area contributed by atoms with Gasteiger partial charge in [-0.1, -0.05) is 26.5 Å². The van der Waals surface area contributed by atoms with Crippen LogP contribution in [0.1, 0.15) is 5.56 Å². The van der Waals surface area contributed by atoms with Crippen molar-refractivity contribution in [1.29, 1.82) is 0 Å². The first kappa shape index (κ1) is 7.18. The first-order valence-electron chi connectivity index (χ1n) is 3.17. The van der Waals surface area contributed by atoms with Gasteiger partial charge in [0.25, 0.3) is 0 Å². The minimum atomic E-state index is 0.890. The van der Waals surface area contributed by atoms with E-state index in [1.54, 1.807) is 0 Å². The van der Waals surface area contributed by atoms with E-state index in [0.717, 1.165) is 15.5 Å². The van der Waals surface area contributed by atoms with Crippen LogP contribution in [0.4, 0.5) is 0 Å². The zero-order valence-electron chi connectivity index (χ0n) is 5.62. The molecular formula is C7H5BrN2S. The van der Waals surface area contributed by atoms with Crippen molar-refractivity contribution >= 4 is 37.7 Å². The molecule has 0 fully saturated rings. The van der Waals surface area contributed by atoms with Crippen molar-refractivity contribution in [1.82, 2.24) is 9.59 Å². The number of aromatic nitrogens is 2. The Labute approximate surface area is 76.5 Å². The summed E-state index contributed by atoms with van der Waals surface area (Å²) < 4.78 is 5.01. The van der Waals surface area contributed by atoms with Gasteiger partial charge in [-0.15, -0.1) is 5.10 Å². The van der Waals surface area contributed by atoms with E-state index < -0.39 is 0 Å². The molecule has 0 N–H and O–H groups in total. The lowest BCUT2D eigenvalue weighted by Gasteiger charge is -1.91. The van der Waals surface area contributed by atoms with Gasteiger partial charge >= 0.3 is 0 Å². The molecule has 2 rings (SSSR count). The zero-order valence-corrected chi connectivity index (χ0v) is 8.02. The van der Waals surface area contributed by atoms with Gasteiger partial charge in [-0.05, 0) is 29.2 Å². The molecular weight excluding hydrogens is 224 g/mol. The molecule has 2 aromatic rings. The van der Waals surface area contributed by atoms with Crippen LogP contribution in [0.5, 0.6) is 0 Å². The van der Waals surface area contributed by atoms with Crippen LogP contribution >= 0.6 is 27.5 Å². The molecule has 0 atom stereocenters. The molecule has 0 bridgehead atoms. The predicted molar refractivity (Wildman–Crippen MR) is 50.0 cm³/mol. The third kappa shape index (κ3) is 1.28. The standard InChI is InChI=1S/C7H5BrN2S/c8-4-5-1-2-6-7(3-5)11-10-9-6/h1-3H,4H2. The molecule has 11 heavy (non-hydrogen) atoms. The van der Waals surface area contributed by atoms with Crippen molar-refractivity contribution in [3.63, 3.8) is 0 Å². The Morgan fingerprint density at radius 1 is 1.45 bits per heavy atom. The molecule has 1 aromatic heterocycles. The van der Waals surface area contributed by atoms with Crippen LogP contribution in [0.15, 0.2) is 18.2 Å². The second-order valence-corrected chi connectivity index (χ2v) is 3.56. The Balaban J connectivity index is 2.67. The zero-order chi connectivity index (χ0) is 7.68. The van der Waals surface area contributed by atoms with Crippen LogP contribution in [0, 0.1) is 0 Å². The SMILES string of the molecule is BrCc1ccc2nnsc2c1. The van der Waals surface area contributed by atoms with Crippen LogP contribution in [0.2, 0.25) is 0 Å². The van der Waals surface area contributed by atoms with Gasteiger partial charge in [0.05, 0.1) is 4.70 Å². The van der Waals surface area contributed by atoms with Gasteiger partial charge in [-0.2, -0.15) is 0 Å². The smallest absolute Gasteiger partial charge is 0.105 e. The largest absolute Gasteiger partial charge is 0.138 e. The Morgan fingerprint density at radius 3 is 3.18 bits per heavy atom. The van der Waals surface area contributed by atoms with Gasteiger partial charge < -0.3 is 0 Å². The van der Waals surface area contributed by atoms with Crippen LogP contribution in [0.25, 0.3) is 10.2 Å². The predicted octanol–water partition coefficient (Wildman–Crippen LogP) is 2.59. The van der Waals surface area contributed by atoms with Crippen LogP contribution < -0.4 is 0 Å². The number of nitrogens with zero attached hydrogens (tertiary/aromatic N) is 2. The normalized spacial score (nSPS) is 10.6. The molecule has 0 unspecified atom stereocenters. The summed E-state index contributed by atoms with van der Waals surface area (Å²) in [7, 11) is 0. The molecule has 4 heteroatoms. The van der Waals surface area contributed by atoms with E-state index in [2.05, 4.69) is 37.6 Å². The minimum absolute atomic E-state index is 0.890. The van der Waals surface area contributed by atoms with E-state index >= 15 is 0 Å². The topological polar surface area (TPSA) is 25.8 Å². The highest BCUT2D eigenvalue weighted by Crippen LogP contribution is 2.18. The lowest BCUT2D eigenvalue weighted by molar-refractivity contribution is 1.20. The summed E-state index contributed by atoms with van der Waals surface area (Å²) in [5, 5.41) is 4.84. The lowest BCUT2D eigenvalue weighted by atomic mass is 10.2. The monoisotopic (exact) mass is 228 g/mol. The Kier molecular flexibility index (Phi) is 1.87. The molecule has 2 nitrogen and oxygen atoms in total. The number of fused-ring (bicyclic) bond motifs is 1. The van der Waals surface area contributed by atoms with E-state index in [1.165, 1.54) is 17.1 Å². The van der Waals surface area contributed by atoms with Gasteiger partial charge in [0.15, 0.2) is 0 Å². The van der Waals surface area contributed by atoms with Gasteiger partial charge in [0.2, 0.25) is 0 Å². The summed E-state index contributed by atoms with van der Waals surface area (Å²) in [5.41, 5.74) is 2.25. The van der Waals surface area contributed by atoms with Gasteiger partial charge in [-0.25, -0.2) is 0 Å². The van der Waals surface area contributed by atoms with E-state index in [4.69, 9.17) is 0 Å². The molecule has 0 radical (unpaired) electrons. The molecule has 0 aliphatic heterocycles. The summed E-state index contributed by atoms with van der Waals surface area (Å²) in [4.78, 5) is 0. The number of alkyl halides is 1. The van der Waals surface area contributed by atoms with Crippen molar-refractivity contribution in [2.75, 3.05) is 0 Å². The number of halogens is 1. The molecule has 1 aromatic carbocycles. The summed E-state index contributed by atoms with van der Waals surface area (Å²) in [6.45, 7) is 0. The summed E-state index contributed by atoms with van der Waals surface area (Å²) >= 11 is 4.83. The second kappa shape index (κ2) is 2.87. The molecule has 0 spiro atoms. The fraction of sp³-hybridized carbons (Fsp3) is 0.143. The molecule has 0 aliphatic carbocycles. The fourth-order valence-electron chi connectivity index (χ4n) is 0.906. The fourth-order valence-corrected chi connectivity index (χ4v) is 1.88. The third-order valence-electron chi connectivity index (χ3n) is 1.47. The molecule has 1 heterocycles. The van der Waals surface area contributed by atoms with Crippen molar-refractivity contribution in [3.05, 3.63) is 23.8 Å². The Hall–Kier alpha value is -0.480. The minimum Gasteiger partial charge on any atom is -0.138 e. The Morgan fingerprint density at radius 2 is 2.36 bits per heavy atom. The molecule has 0 saturated heterocycles. The number of benzene rings is 1. The Bertz CT molecular complexity index is 371. The van der Waals surface area contributed by atoms with E-state index in [1.807, 2.05) is 6.07 Å². The molecule has 0 amide bonds. The number of rotatable bonds is 1. The summed E-state index contributed by atoms with van der Waals surface area (Å²) in [6.07, 6.45) is 0. The van der Waals surface area contributed by atoms with Crippen LogP contribution in [-0.2, 0) is 5.33 Å². The average Bonchev–Trinajstić information content (AvgIpc) is 2.50. The van der Waals surface area contributed by atoms with Gasteiger partial charge in [0.1, 0.15) is 5.52 Å². The average molecular weight is 229 g/mol. The van der Waals surface area contributed by atoms with Crippen molar-refractivity contribution in [3.8, 4) is 0 Å². The number of hydrogen-bond donors (Lipinski definition) is 0. The van der Waals surface area contributed by atoms with E-state index in [0.29, 0.717) is 0 Å². The summed E-state index contributed by atoms with van der Waals surface area (Å²) in [6, 6.07) is 6.16. The van der Waals surface area contributed by atoms with Crippen LogP contribution in [0.3, 0.4) is 0 Å². The molecule has 0 aliphatic rings. The maximum Gasteiger partial charge on any atom is 0.105 e. The highest BCUT2D eigenvalue weighted by Gasteiger charge is 1.97.